The number of nitrogens with zero attached hydrogens (tertiary/aromatic N) is 2. The Morgan fingerprint density at radius 1 is 1.18 bits per heavy atom. The van der Waals surface area contributed by atoms with Crippen molar-refractivity contribution in [1.29, 1.82) is 0 Å². The van der Waals surface area contributed by atoms with Gasteiger partial charge in [0.05, 0.1) is 18.6 Å². The molecule has 0 saturated heterocycles. The predicted octanol–water partition coefficient (Wildman–Crippen LogP) is 5.47. The van der Waals surface area contributed by atoms with Crippen LogP contribution >= 0.6 is 11.6 Å². The molecule has 0 aromatic heterocycles. The third-order valence-electron chi connectivity index (χ3n) is 7.72. The van der Waals surface area contributed by atoms with Crippen molar-refractivity contribution in [3.05, 3.63) is 34.9 Å². The Kier molecular flexibility index (Phi) is 11.7. The maximum atomic E-state index is 12.5. The number of nitrogens with one attached hydrogen (secondary N) is 2. The highest BCUT2D eigenvalue weighted by molar-refractivity contribution is 6.30. The maximum Gasteiger partial charge on any atom is 0.390 e. The molecule has 2 N–H and O–H groups in total. The van der Waals surface area contributed by atoms with Gasteiger partial charge >= 0.3 is 12.3 Å². The molecule has 1 aromatic rings. The molecule has 1 atom stereocenters. The molecule has 224 valence electrons. The van der Waals surface area contributed by atoms with Crippen LogP contribution in [0.2, 0.25) is 5.02 Å². The molecule has 0 spiro atoms. The van der Waals surface area contributed by atoms with Gasteiger partial charge < -0.3 is 10.6 Å². The van der Waals surface area contributed by atoms with E-state index in [0.717, 1.165) is 55.9 Å². The molecule has 3 fully saturated rings. The van der Waals surface area contributed by atoms with Crippen molar-refractivity contribution in [1.82, 2.24) is 15.5 Å². The summed E-state index contributed by atoms with van der Waals surface area (Å²) in [5, 5.41) is 6.51. The number of hydrogen-bond acceptors (Lipinski definition) is 6. The van der Waals surface area contributed by atoms with Crippen LogP contribution in [0.4, 0.5) is 17.6 Å². The highest BCUT2D eigenvalue weighted by Crippen LogP contribution is 2.70. The number of carbonyl (C=O) groups excluding carboxylic acids is 3. The molecule has 40 heavy (non-hydrogen) atoms. The zero-order valence-corrected chi connectivity index (χ0v) is 24.2. The molecule has 1 heterocycles. The quantitative estimate of drug-likeness (QED) is 0.278. The smallest absolute Gasteiger partial charge is 0.366 e. The van der Waals surface area contributed by atoms with Crippen LogP contribution in [0.1, 0.15) is 71.3 Å². The van der Waals surface area contributed by atoms with Gasteiger partial charge in [-0.15, -0.1) is 0 Å². The van der Waals surface area contributed by atoms with Crippen LogP contribution < -0.4 is 10.6 Å². The van der Waals surface area contributed by atoms with E-state index in [2.05, 4.69) is 34.5 Å². The van der Waals surface area contributed by atoms with Crippen LogP contribution in [0.3, 0.4) is 0 Å². The Hall–Kier alpha value is -2.49. The highest BCUT2D eigenvalue weighted by atomic mass is 35.5. The van der Waals surface area contributed by atoms with E-state index in [1.54, 1.807) is 0 Å². The average molecular weight is 591 g/mol. The topological polar surface area (TPSA) is 90.9 Å². The number of unbranched alkanes of at least 4 members (excludes halogenated alkanes) is 2. The number of halogens is 5. The summed E-state index contributed by atoms with van der Waals surface area (Å²) < 4.78 is 48.3. The van der Waals surface area contributed by atoms with Crippen LogP contribution in [0, 0.1) is 5.41 Å². The van der Waals surface area contributed by atoms with E-state index in [-0.39, 0.29) is 23.8 Å². The van der Waals surface area contributed by atoms with Crippen molar-refractivity contribution in [3.8, 4) is 0 Å². The lowest BCUT2D eigenvalue weighted by atomic mass is 9.38. The van der Waals surface area contributed by atoms with Crippen LogP contribution in [0.5, 0.6) is 0 Å². The monoisotopic (exact) mass is 590 g/mol. The van der Waals surface area contributed by atoms with Crippen LogP contribution in [0.25, 0.3) is 0 Å². The largest absolute Gasteiger partial charge is 0.390 e. The summed E-state index contributed by atoms with van der Waals surface area (Å²) in [5.41, 5.74) is 0.668. The van der Waals surface area contributed by atoms with Gasteiger partial charge in [0.1, 0.15) is 5.84 Å². The van der Waals surface area contributed by atoms with Gasteiger partial charge in [0.2, 0.25) is 5.91 Å². The van der Waals surface area contributed by atoms with E-state index < -0.39 is 36.6 Å². The first-order chi connectivity index (χ1) is 18.7. The Morgan fingerprint density at radius 3 is 2.23 bits per heavy atom. The first-order valence-electron chi connectivity index (χ1n) is 13.4. The maximum absolute atomic E-state index is 12.5. The van der Waals surface area contributed by atoms with Gasteiger partial charge in [0.25, 0.3) is 0 Å². The summed E-state index contributed by atoms with van der Waals surface area (Å²) in [7, 11) is 2.13. The second-order valence-electron chi connectivity index (χ2n) is 11.4. The fourth-order valence-electron chi connectivity index (χ4n) is 5.54. The molecular weight excluding hydrogens is 552 g/mol. The molecule has 7 nitrogen and oxygen atoms in total. The summed E-state index contributed by atoms with van der Waals surface area (Å²) in [6.45, 7) is 6.06. The summed E-state index contributed by atoms with van der Waals surface area (Å²) in [6.07, 6.45) is 0.722. The Balaban J connectivity index is 0.000000544. The third-order valence-corrected chi connectivity index (χ3v) is 7.98. The summed E-state index contributed by atoms with van der Waals surface area (Å²) >= 11 is 5.97. The lowest BCUT2D eigenvalue weighted by Crippen LogP contribution is -2.77. The summed E-state index contributed by atoms with van der Waals surface area (Å²) in [4.78, 5) is 35.8. The van der Waals surface area contributed by atoms with Crippen molar-refractivity contribution in [2.24, 2.45) is 10.4 Å². The first kappa shape index (κ1) is 33.7. The van der Waals surface area contributed by atoms with Crippen molar-refractivity contribution in [3.63, 3.8) is 0 Å². The minimum atomic E-state index is -4.29. The molecule has 5 rings (SSSR count). The number of amidine groups is 1. The van der Waals surface area contributed by atoms with E-state index in [1.165, 1.54) is 5.56 Å². The van der Waals surface area contributed by atoms with Gasteiger partial charge in [0, 0.05) is 29.1 Å². The number of amides is 1. The molecule has 1 amide bonds. The molecule has 3 aliphatic carbocycles. The van der Waals surface area contributed by atoms with Crippen LogP contribution in [0.15, 0.2) is 29.3 Å². The fraction of sp³-hybridized carbons (Fsp3) is 0.679. The minimum Gasteiger partial charge on any atom is -0.366 e. The SMILES string of the molecule is CCCCCF.CN(Cc1ccc(Cl)cc1)C12CC(C3=N[C@@H](C(=O)NCCC(F)(F)F)C(C)(C)N3)(C1)C2.O=C=O. The van der Waals surface area contributed by atoms with E-state index in [1.807, 2.05) is 38.1 Å². The lowest BCUT2D eigenvalue weighted by Gasteiger charge is -2.73. The number of hydrogen-bond donors (Lipinski definition) is 2. The van der Waals surface area contributed by atoms with Crippen molar-refractivity contribution >= 4 is 29.5 Å². The molecule has 2 bridgehead atoms. The molecule has 1 aromatic carbocycles. The molecular formula is C28H39ClF4N4O3. The highest BCUT2D eigenvalue weighted by Gasteiger charge is 2.72. The van der Waals surface area contributed by atoms with Gasteiger partial charge in [-0.3, -0.25) is 19.1 Å². The van der Waals surface area contributed by atoms with E-state index in [0.29, 0.717) is 0 Å². The van der Waals surface area contributed by atoms with Gasteiger partial charge in [-0.25, -0.2) is 0 Å². The molecule has 12 heteroatoms. The van der Waals surface area contributed by atoms with Crippen LogP contribution in [-0.2, 0) is 20.9 Å². The number of aliphatic imine (C=N–C) groups is 1. The second-order valence-corrected chi connectivity index (χ2v) is 11.8. The Labute approximate surface area is 238 Å². The van der Waals surface area contributed by atoms with Gasteiger partial charge in [-0.05, 0) is 64.3 Å². The molecule has 0 unspecified atom stereocenters. The number of rotatable bonds is 10. The number of carbonyl (C=O) groups is 1. The summed E-state index contributed by atoms with van der Waals surface area (Å²) in [6, 6.07) is 7.13. The summed E-state index contributed by atoms with van der Waals surface area (Å²) in [5.74, 6) is 0.369. The van der Waals surface area contributed by atoms with Gasteiger partial charge in [-0.2, -0.15) is 22.8 Å². The average Bonchev–Trinajstić information content (AvgIpc) is 3.12. The molecule has 0 radical (unpaired) electrons. The Bertz CT molecular complexity index is 1030. The minimum absolute atomic E-state index is 0.0491. The standard InChI is InChI=1S/C22H28ClF3N4O.C5H11F.CO2/c1-19(2)16(17(31)27-9-8-22(24,25)26)28-18(29-19)20-11-21(12-20,13-20)30(3)10-14-4-6-15(23)7-5-14;1-2-3-4-5-6;2-1-3/h4-7,16H,8-13H2,1-3H3,(H,27,31)(H,28,29);2-5H2,1H3;/t16-,20?,21?;;/m0../s1. The predicted molar refractivity (Wildman–Crippen MR) is 145 cm³/mol. The van der Waals surface area contributed by atoms with Gasteiger partial charge in [-0.1, -0.05) is 43.5 Å². The van der Waals surface area contributed by atoms with Crippen molar-refractivity contribution < 1.29 is 31.9 Å². The molecule has 4 aliphatic rings. The zero-order valence-electron chi connectivity index (χ0n) is 23.5. The fourth-order valence-corrected chi connectivity index (χ4v) is 5.67. The van der Waals surface area contributed by atoms with E-state index >= 15 is 0 Å². The molecule has 3 saturated carbocycles. The van der Waals surface area contributed by atoms with Gasteiger partial charge in [0.15, 0.2) is 6.04 Å². The number of alkyl halides is 4. The zero-order chi connectivity index (χ0) is 30.2. The second kappa shape index (κ2) is 13.9. The third kappa shape index (κ3) is 8.51. The van der Waals surface area contributed by atoms with Crippen molar-refractivity contribution in [2.45, 2.75) is 95.6 Å². The van der Waals surface area contributed by atoms with E-state index in [4.69, 9.17) is 21.2 Å². The normalized spacial score (nSPS) is 25.4. The molecule has 1 aliphatic heterocycles. The first-order valence-corrected chi connectivity index (χ1v) is 13.8. The van der Waals surface area contributed by atoms with Crippen molar-refractivity contribution in [2.75, 3.05) is 20.3 Å². The lowest BCUT2D eigenvalue weighted by molar-refractivity contribution is -0.191. The van der Waals surface area contributed by atoms with Crippen LogP contribution in [-0.4, -0.2) is 66.4 Å². The number of benzene rings is 1. The van der Waals surface area contributed by atoms with E-state index in [9.17, 15) is 22.4 Å². The Morgan fingerprint density at radius 2 is 1.75 bits per heavy atom.